The number of thioether (sulfide) groups is 1. The molecule has 0 atom stereocenters. The van der Waals surface area contributed by atoms with Gasteiger partial charge in [0.1, 0.15) is 5.82 Å². The largest absolute Gasteiger partial charge is 0.354 e. The summed E-state index contributed by atoms with van der Waals surface area (Å²) in [5.74, 6) is 3.24. The first-order valence-electron chi connectivity index (χ1n) is 8.06. The molecule has 122 valence electrons. The number of fused-ring (bicyclic) bond motifs is 1. The van der Waals surface area contributed by atoms with E-state index in [0.29, 0.717) is 5.65 Å². The molecule has 1 amide bonds. The molecule has 0 saturated carbocycles. The van der Waals surface area contributed by atoms with Crippen LogP contribution in [0.3, 0.4) is 0 Å². The molecule has 2 aromatic heterocycles. The molecule has 0 radical (unpaired) electrons. The topological polar surface area (TPSA) is 67.2 Å². The molecular weight excluding hydrogens is 312 g/mol. The third-order valence-electron chi connectivity index (χ3n) is 4.37. The summed E-state index contributed by atoms with van der Waals surface area (Å²) in [4.78, 5) is 25.8. The summed E-state index contributed by atoms with van der Waals surface area (Å²) >= 11 is 1.95. The molecule has 2 aromatic rings. The number of nitrogens with zero attached hydrogens (tertiary/aromatic N) is 6. The van der Waals surface area contributed by atoms with E-state index in [1.165, 1.54) is 0 Å². The Kier molecular flexibility index (Phi) is 3.84. The molecule has 0 bridgehead atoms. The lowest BCUT2D eigenvalue weighted by Gasteiger charge is -2.28. The molecular formula is C15H20N6OS. The van der Waals surface area contributed by atoms with Crippen LogP contribution in [0.1, 0.15) is 23.5 Å². The summed E-state index contributed by atoms with van der Waals surface area (Å²) in [5, 5.41) is 5.33. The van der Waals surface area contributed by atoms with Crippen LogP contribution >= 0.6 is 11.8 Å². The van der Waals surface area contributed by atoms with Crippen LogP contribution in [0.5, 0.6) is 0 Å². The van der Waals surface area contributed by atoms with Crippen LogP contribution in [0.2, 0.25) is 0 Å². The summed E-state index contributed by atoms with van der Waals surface area (Å²) in [6.45, 7) is 3.50. The molecule has 2 aliphatic heterocycles. The van der Waals surface area contributed by atoms with Gasteiger partial charge in [-0.25, -0.2) is 9.97 Å². The molecule has 23 heavy (non-hydrogen) atoms. The lowest BCUT2D eigenvalue weighted by molar-refractivity contribution is 0.0781. The third kappa shape index (κ3) is 2.75. The minimum Gasteiger partial charge on any atom is -0.354 e. The molecule has 0 aromatic carbocycles. The van der Waals surface area contributed by atoms with Gasteiger partial charge in [-0.15, -0.1) is 0 Å². The van der Waals surface area contributed by atoms with Crippen molar-refractivity contribution in [2.75, 3.05) is 42.6 Å². The van der Waals surface area contributed by atoms with E-state index in [1.54, 1.807) is 4.68 Å². The highest BCUT2D eigenvalue weighted by molar-refractivity contribution is 7.99. The zero-order chi connectivity index (χ0) is 15.8. The minimum absolute atomic E-state index is 0.0670. The zero-order valence-electron chi connectivity index (χ0n) is 13.2. The van der Waals surface area contributed by atoms with Crippen molar-refractivity contribution in [3.8, 4) is 0 Å². The van der Waals surface area contributed by atoms with Gasteiger partial charge >= 0.3 is 0 Å². The number of rotatable bonds is 2. The number of anilines is 1. The number of amides is 1. The second-order valence-electron chi connectivity index (χ2n) is 6.01. The highest BCUT2D eigenvalue weighted by Crippen LogP contribution is 2.26. The average molecular weight is 332 g/mol. The van der Waals surface area contributed by atoms with E-state index in [2.05, 4.69) is 20.0 Å². The Morgan fingerprint density at radius 3 is 2.61 bits per heavy atom. The predicted molar refractivity (Wildman–Crippen MR) is 91.0 cm³/mol. The van der Waals surface area contributed by atoms with Crippen LogP contribution < -0.4 is 4.90 Å². The van der Waals surface area contributed by atoms with Crippen molar-refractivity contribution in [2.24, 2.45) is 7.05 Å². The smallest absolute Gasteiger partial charge is 0.291 e. The SMILES string of the molecule is Cn1cc2c(N3CCSCC3)nc(C(=O)N3CCCC3)nc2n1. The molecule has 0 aliphatic carbocycles. The second kappa shape index (κ2) is 5.99. The van der Waals surface area contributed by atoms with Crippen LogP contribution in [-0.2, 0) is 7.05 Å². The quantitative estimate of drug-likeness (QED) is 0.822. The number of aromatic nitrogens is 4. The van der Waals surface area contributed by atoms with Crippen LogP contribution in [0.4, 0.5) is 5.82 Å². The van der Waals surface area contributed by atoms with Crippen molar-refractivity contribution in [1.82, 2.24) is 24.6 Å². The van der Waals surface area contributed by atoms with Crippen molar-refractivity contribution in [1.29, 1.82) is 0 Å². The Hall–Kier alpha value is -1.83. The van der Waals surface area contributed by atoms with Crippen molar-refractivity contribution >= 4 is 34.5 Å². The molecule has 2 aliphatic rings. The molecule has 4 rings (SSSR count). The maximum atomic E-state index is 12.7. The molecule has 0 N–H and O–H groups in total. The van der Waals surface area contributed by atoms with E-state index >= 15 is 0 Å². The van der Waals surface area contributed by atoms with Crippen LogP contribution in [0.25, 0.3) is 11.0 Å². The van der Waals surface area contributed by atoms with Crippen molar-refractivity contribution in [3.05, 3.63) is 12.0 Å². The number of likely N-dealkylation sites (tertiary alicyclic amines) is 1. The Balaban J connectivity index is 1.77. The van der Waals surface area contributed by atoms with Gasteiger partial charge in [0.25, 0.3) is 5.91 Å². The van der Waals surface area contributed by atoms with Gasteiger partial charge in [-0.05, 0) is 12.8 Å². The molecule has 8 heteroatoms. The Morgan fingerprint density at radius 1 is 1.13 bits per heavy atom. The number of hydrogen-bond donors (Lipinski definition) is 0. The zero-order valence-corrected chi connectivity index (χ0v) is 14.1. The van der Waals surface area contributed by atoms with Gasteiger partial charge < -0.3 is 9.80 Å². The van der Waals surface area contributed by atoms with E-state index in [0.717, 1.165) is 61.7 Å². The van der Waals surface area contributed by atoms with E-state index in [1.807, 2.05) is 29.9 Å². The number of aryl methyl sites for hydroxylation is 1. The van der Waals surface area contributed by atoms with E-state index < -0.39 is 0 Å². The fourth-order valence-corrected chi connectivity index (χ4v) is 4.08. The van der Waals surface area contributed by atoms with E-state index in [4.69, 9.17) is 0 Å². The lowest BCUT2D eigenvalue weighted by Crippen LogP contribution is -2.34. The second-order valence-corrected chi connectivity index (χ2v) is 7.23. The van der Waals surface area contributed by atoms with Crippen LogP contribution in [0.15, 0.2) is 6.20 Å². The summed E-state index contributed by atoms with van der Waals surface area (Å²) in [6.07, 6.45) is 4.07. The van der Waals surface area contributed by atoms with E-state index in [9.17, 15) is 4.79 Å². The van der Waals surface area contributed by atoms with Gasteiger partial charge in [-0.3, -0.25) is 9.48 Å². The van der Waals surface area contributed by atoms with E-state index in [-0.39, 0.29) is 11.7 Å². The van der Waals surface area contributed by atoms with Gasteiger partial charge in [-0.1, -0.05) is 0 Å². The number of carbonyl (C=O) groups excluding carboxylic acids is 1. The van der Waals surface area contributed by atoms with Crippen LogP contribution in [0, 0.1) is 0 Å². The number of hydrogen-bond acceptors (Lipinski definition) is 6. The fraction of sp³-hybridized carbons (Fsp3) is 0.600. The molecule has 2 fully saturated rings. The molecule has 0 unspecified atom stereocenters. The molecule has 4 heterocycles. The first-order valence-corrected chi connectivity index (χ1v) is 9.21. The molecule has 0 spiro atoms. The molecule has 2 saturated heterocycles. The van der Waals surface area contributed by atoms with Crippen molar-refractivity contribution in [2.45, 2.75) is 12.8 Å². The minimum atomic E-state index is -0.0670. The Labute approximate surface area is 139 Å². The fourth-order valence-electron chi connectivity index (χ4n) is 3.18. The van der Waals surface area contributed by atoms with Crippen LogP contribution in [-0.4, -0.2) is 68.2 Å². The summed E-state index contributed by atoms with van der Waals surface area (Å²) in [6, 6.07) is 0. The normalized spacial score (nSPS) is 18.8. The van der Waals surface area contributed by atoms with Gasteiger partial charge in [0.05, 0.1) is 5.39 Å². The van der Waals surface area contributed by atoms with Gasteiger partial charge in [0.2, 0.25) is 5.82 Å². The van der Waals surface area contributed by atoms with Crippen molar-refractivity contribution < 1.29 is 4.79 Å². The molecule has 7 nitrogen and oxygen atoms in total. The first-order chi connectivity index (χ1) is 11.2. The highest BCUT2D eigenvalue weighted by atomic mass is 32.2. The van der Waals surface area contributed by atoms with Gasteiger partial charge in [-0.2, -0.15) is 16.9 Å². The predicted octanol–water partition coefficient (Wildman–Crippen LogP) is 1.15. The Morgan fingerprint density at radius 2 is 1.87 bits per heavy atom. The lowest BCUT2D eigenvalue weighted by atomic mass is 10.3. The number of carbonyl (C=O) groups is 1. The summed E-state index contributed by atoms with van der Waals surface area (Å²) < 4.78 is 1.74. The van der Waals surface area contributed by atoms with Gasteiger partial charge in [0.15, 0.2) is 5.65 Å². The first kappa shape index (κ1) is 14.7. The summed E-state index contributed by atoms with van der Waals surface area (Å²) in [5.41, 5.74) is 0.610. The maximum absolute atomic E-state index is 12.7. The summed E-state index contributed by atoms with van der Waals surface area (Å²) in [7, 11) is 1.87. The highest BCUT2D eigenvalue weighted by Gasteiger charge is 2.25. The average Bonchev–Trinajstić information content (AvgIpc) is 3.22. The monoisotopic (exact) mass is 332 g/mol. The standard InChI is InChI=1S/C15H20N6OS/c1-19-10-11-12(18-19)16-13(15(22)21-4-2-3-5-21)17-14(11)20-6-8-23-9-7-20/h10H,2-9H2,1H3. The Bertz CT molecular complexity index is 733. The van der Waals surface area contributed by atoms with Crippen molar-refractivity contribution in [3.63, 3.8) is 0 Å². The van der Waals surface area contributed by atoms with Gasteiger partial charge in [0, 0.05) is 50.9 Å². The third-order valence-corrected chi connectivity index (χ3v) is 5.31. The maximum Gasteiger partial charge on any atom is 0.291 e.